The largest absolute Gasteiger partial charge is 0.497 e. The number of fused-ring (bicyclic) bond motifs is 1. The summed E-state index contributed by atoms with van der Waals surface area (Å²) < 4.78 is 10.8. The van der Waals surface area contributed by atoms with Crippen LogP contribution in [0.25, 0.3) is 11.0 Å². The highest BCUT2D eigenvalue weighted by Crippen LogP contribution is 2.26. The number of nitrogens with zero attached hydrogens (tertiary/aromatic N) is 1. The highest BCUT2D eigenvalue weighted by molar-refractivity contribution is 6.42. The Morgan fingerprint density at radius 3 is 2.48 bits per heavy atom. The lowest BCUT2D eigenvalue weighted by Crippen LogP contribution is -2.00. The first kappa shape index (κ1) is 16.0. The van der Waals surface area contributed by atoms with Crippen molar-refractivity contribution >= 4 is 34.2 Å². The summed E-state index contributed by atoms with van der Waals surface area (Å²) in [7, 11) is 1.64. The molecule has 0 aliphatic rings. The molecule has 1 N–H and O–H groups in total. The summed E-state index contributed by atoms with van der Waals surface area (Å²) in [4.78, 5) is 7.76. The van der Waals surface area contributed by atoms with Gasteiger partial charge >= 0.3 is 0 Å². The molecule has 0 radical (unpaired) electrons. The molecule has 1 heterocycles. The van der Waals surface area contributed by atoms with Gasteiger partial charge < -0.3 is 14.5 Å². The van der Waals surface area contributed by atoms with Crippen LogP contribution >= 0.6 is 23.2 Å². The summed E-state index contributed by atoms with van der Waals surface area (Å²) in [5, 5.41) is 1.04. The average Bonchev–Trinajstić information content (AvgIpc) is 2.94. The third kappa shape index (κ3) is 3.89. The van der Waals surface area contributed by atoms with Gasteiger partial charge in [-0.1, -0.05) is 23.2 Å². The Kier molecular flexibility index (Phi) is 4.94. The normalized spacial score (nSPS) is 10.9. The monoisotopic (exact) mass is 350 g/mol. The smallest absolute Gasteiger partial charge is 0.119 e. The lowest BCUT2D eigenvalue weighted by Gasteiger charge is -2.06. The van der Waals surface area contributed by atoms with E-state index in [1.165, 1.54) is 0 Å². The molecule has 0 saturated carbocycles. The van der Waals surface area contributed by atoms with Gasteiger partial charge in [-0.05, 0) is 42.8 Å². The van der Waals surface area contributed by atoms with E-state index in [-0.39, 0.29) is 0 Å². The number of aromatic amines is 1. The predicted molar refractivity (Wildman–Crippen MR) is 92.9 cm³/mol. The predicted octanol–water partition coefficient (Wildman–Crippen LogP) is 4.89. The van der Waals surface area contributed by atoms with Crippen LogP contribution in [0.3, 0.4) is 0 Å². The Morgan fingerprint density at radius 2 is 1.74 bits per heavy atom. The van der Waals surface area contributed by atoms with Crippen LogP contribution in [0.2, 0.25) is 10.0 Å². The molecule has 120 valence electrons. The van der Waals surface area contributed by atoms with Crippen molar-refractivity contribution in [2.45, 2.75) is 12.8 Å². The number of ether oxygens (including phenoxy) is 2. The minimum absolute atomic E-state index is 0.514. The molecular weight excluding hydrogens is 335 g/mol. The first-order valence-electron chi connectivity index (χ1n) is 7.26. The maximum Gasteiger partial charge on any atom is 0.119 e. The van der Waals surface area contributed by atoms with Crippen LogP contribution < -0.4 is 9.47 Å². The molecule has 3 rings (SSSR count). The van der Waals surface area contributed by atoms with Gasteiger partial charge in [-0.25, -0.2) is 4.98 Å². The van der Waals surface area contributed by atoms with Crippen LogP contribution in [-0.2, 0) is 6.42 Å². The number of aryl methyl sites for hydroxylation is 1. The van der Waals surface area contributed by atoms with Gasteiger partial charge in [0.2, 0.25) is 0 Å². The average molecular weight is 351 g/mol. The van der Waals surface area contributed by atoms with Gasteiger partial charge in [0, 0.05) is 6.42 Å². The van der Waals surface area contributed by atoms with Crippen LogP contribution in [0.15, 0.2) is 36.4 Å². The van der Waals surface area contributed by atoms with Crippen molar-refractivity contribution in [1.82, 2.24) is 9.97 Å². The third-order valence-corrected chi connectivity index (χ3v) is 4.18. The lowest BCUT2D eigenvalue weighted by atomic mass is 10.3. The van der Waals surface area contributed by atoms with Crippen molar-refractivity contribution in [3.8, 4) is 11.5 Å². The number of benzene rings is 2. The zero-order chi connectivity index (χ0) is 16.2. The standard InChI is InChI=1S/C17H16Cl2N2O2/c1-22-11-4-6-12(7-5-11)23-8-2-3-17-20-15-9-13(18)14(19)10-16(15)21-17/h4-7,9-10H,2-3,8H2,1H3,(H,20,21). The highest BCUT2D eigenvalue weighted by atomic mass is 35.5. The number of hydrogen-bond donors (Lipinski definition) is 1. The van der Waals surface area contributed by atoms with E-state index in [0.717, 1.165) is 41.2 Å². The van der Waals surface area contributed by atoms with Crippen LogP contribution in [0.4, 0.5) is 0 Å². The van der Waals surface area contributed by atoms with Crippen molar-refractivity contribution in [3.63, 3.8) is 0 Å². The molecule has 0 aliphatic carbocycles. The summed E-state index contributed by atoms with van der Waals surface area (Å²) in [6.07, 6.45) is 1.65. The fraction of sp³-hybridized carbons (Fsp3) is 0.235. The molecule has 6 heteroatoms. The summed E-state index contributed by atoms with van der Waals surface area (Å²) in [5.74, 6) is 2.54. The molecule has 0 bridgehead atoms. The first-order chi connectivity index (χ1) is 11.2. The lowest BCUT2D eigenvalue weighted by molar-refractivity contribution is 0.309. The first-order valence-corrected chi connectivity index (χ1v) is 8.02. The number of nitrogens with one attached hydrogen (secondary N) is 1. The van der Waals surface area contributed by atoms with Gasteiger partial charge in [0.1, 0.15) is 17.3 Å². The topological polar surface area (TPSA) is 47.1 Å². The second-order valence-corrected chi connectivity index (χ2v) is 5.91. The maximum atomic E-state index is 6.00. The van der Waals surface area contributed by atoms with Crippen molar-refractivity contribution in [2.24, 2.45) is 0 Å². The van der Waals surface area contributed by atoms with Crippen LogP contribution in [0, 0.1) is 0 Å². The zero-order valence-electron chi connectivity index (χ0n) is 12.6. The molecule has 2 aromatic carbocycles. The Balaban J connectivity index is 1.54. The molecule has 0 fully saturated rings. The molecule has 0 atom stereocenters. The van der Waals surface area contributed by atoms with Crippen molar-refractivity contribution in [2.75, 3.05) is 13.7 Å². The summed E-state index contributed by atoms with van der Waals surface area (Å²) >= 11 is 12.0. The molecule has 4 nitrogen and oxygen atoms in total. The van der Waals surface area contributed by atoms with Gasteiger partial charge in [-0.15, -0.1) is 0 Å². The van der Waals surface area contributed by atoms with E-state index in [1.807, 2.05) is 24.3 Å². The quantitative estimate of drug-likeness (QED) is 0.643. The number of rotatable bonds is 6. The molecular formula is C17H16Cl2N2O2. The number of methoxy groups -OCH3 is 1. The van der Waals surface area contributed by atoms with Gasteiger partial charge in [0.15, 0.2) is 0 Å². The van der Waals surface area contributed by atoms with E-state index >= 15 is 0 Å². The SMILES string of the molecule is COc1ccc(OCCCc2nc3cc(Cl)c(Cl)cc3[nH]2)cc1. The van der Waals surface area contributed by atoms with E-state index in [9.17, 15) is 0 Å². The number of aromatic nitrogens is 2. The maximum absolute atomic E-state index is 6.00. The molecule has 0 spiro atoms. The van der Waals surface area contributed by atoms with Crippen molar-refractivity contribution < 1.29 is 9.47 Å². The molecule has 0 unspecified atom stereocenters. The molecule has 0 amide bonds. The van der Waals surface area contributed by atoms with Gasteiger partial charge in [-0.2, -0.15) is 0 Å². The Morgan fingerprint density at radius 1 is 1.04 bits per heavy atom. The number of H-pyrrole nitrogens is 1. The van der Waals surface area contributed by atoms with E-state index < -0.39 is 0 Å². The van der Waals surface area contributed by atoms with Gasteiger partial charge in [0.25, 0.3) is 0 Å². The molecule has 3 aromatic rings. The van der Waals surface area contributed by atoms with E-state index in [0.29, 0.717) is 16.7 Å². The fourth-order valence-electron chi connectivity index (χ4n) is 2.28. The second-order valence-electron chi connectivity index (χ2n) is 5.09. The van der Waals surface area contributed by atoms with Gasteiger partial charge in [0.05, 0.1) is 34.8 Å². The molecule has 0 saturated heterocycles. The van der Waals surface area contributed by atoms with Crippen LogP contribution in [0.5, 0.6) is 11.5 Å². The third-order valence-electron chi connectivity index (χ3n) is 3.46. The Hall–Kier alpha value is -1.91. The number of halogens is 2. The van der Waals surface area contributed by atoms with Crippen molar-refractivity contribution in [1.29, 1.82) is 0 Å². The second kappa shape index (κ2) is 7.11. The van der Waals surface area contributed by atoms with E-state index in [1.54, 1.807) is 19.2 Å². The zero-order valence-corrected chi connectivity index (χ0v) is 14.1. The summed E-state index contributed by atoms with van der Waals surface area (Å²) in [6, 6.07) is 11.1. The van der Waals surface area contributed by atoms with Crippen molar-refractivity contribution in [3.05, 3.63) is 52.3 Å². The molecule has 1 aromatic heterocycles. The molecule has 23 heavy (non-hydrogen) atoms. The Bertz CT molecular complexity index is 761. The summed E-state index contributed by atoms with van der Waals surface area (Å²) in [5.41, 5.74) is 1.72. The highest BCUT2D eigenvalue weighted by Gasteiger charge is 2.06. The number of imidazole rings is 1. The van der Waals surface area contributed by atoms with E-state index in [4.69, 9.17) is 32.7 Å². The Labute approximate surface area is 144 Å². The number of hydrogen-bond acceptors (Lipinski definition) is 3. The minimum Gasteiger partial charge on any atom is -0.497 e. The van der Waals surface area contributed by atoms with E-state index in [2.05, 4.69) is 9.97 Å². The fourth-order valence-corrected chi connectivity index (χ4v) is 2.60. The minimum atomic E-state index is 0.514. The van der Waals surface area contributed by atoms with Crippen LogP contribution in [-0.4, -0.2) is 23.7 Å². The van der Waals surface area contributed by atoms with Gasteiger partial charge in [-0.3, -0.25) is 0 Å². The van der Waals surface area contributed by atoms with Crippen LogP contribution in [0.1, 0.15) is 12.2 Å². The molecule has 0 aliphatic heterocycles. The summed E-state index contributed by atoms with van der Waals surface area (Å²) in [6.45, 7) is 0.616.